The smallest absolute Gasteiger partial charge is 0.254 e. The molecule has 0 fully saturated rings. The lowest BCUT2D eigenvalue weighted by molar-refractivity contribution is 0.0740. The van der Waals surface area contributed by atoms with Crippen LogP contribution in [0, 0.1) is 0 Å². The summed E-state index contributed by atoms with van der Waals surface area (Å²) in [5.41, 5.74) is 1.36. The Morgan fingerprint density at radius 2 is 1.81 bits per heavy atom. The maximum Gasteiger partial charge on any atom is 0.254 e. The van der Waals surface area contributed by atoms with Gasteiger partial charge in [-0.25, -0.2) is 0 Å². The van der Waals surface area contributed by atoms with Crippen LogP contribution in [0.25, 0.3) is 0 Å². The van der Waals surface area contributed by atoms with Crippen molar-refractivity contribution in [2.45, 2.75) is 19.9 Å². The van der Waals surface area contributed by atoms with E-state index in [4.69, 9.17) is 25.8 Å². The van der Waals surface area contributed by atoms with Gasteiger partial charge in [0.25, 0.3) is 5.91 Å². The van der Waals surface area contributed by atoms with Crippen LogP contribution in [0.5, 0.6) is 17.2 Å². The molecule has 0 saturated heterocycles. The highest BCUT2D eigenvalue weighted by Crippen LogP contribution is 2.37. The van der Waals surface area contributed by atoms with E-state index < -0.39 is 0 Å². The zero-order valence-electron chi connectivity index (χ0n) is 15.7. The number of halogens is 1. The van der Waals surface area contributed by atoms with Crippen LogP contribution >= 0.6 is 11.6 Å². The fraction of sp³-hybridized carbons (Fsp3) is 0.350. The summed E-state index contributed by atoms with van der Waals surface area (Å²) in [4.78, 5) is 14.6. The first-order chi connectivity index (χ1) is 12.4. The summed E-state index contributed by atoms with van der Waals surface area (Å²) in [5, 5.41) is 0.341. The van der Waals surface area contributed by atoms with Gasteiger partial charge in [-0.15, -0.1) is 0 Å². The standard InChI is InChI=1S/C20H24ClNO4/c1-6-26-19-16(21)11-14(12-18(19)25-5)20(23)22(3)13(2)15-9-7-8-10-17(15)24-4/h7-13H,6H2,1-5H3. The van der Waals surface area contributed by atoms with Crippen molar-refractivity contribution in [1.29, 1.82) is 0 Å². The van der Waals surface area contributed by atoms with E-state index in [0.717, 1.165) is 11.3 Å². The van der Waals surface area contributed by atoms with Gasteiger partial charge in [-0.1, -0.05) is 29.8 Å². The topological polar surface area (TPSA) is 48.0 Å². The second kappa shape index (κ2) is 8.81. The third kappa shape index (κ3) is 4.05. The first-order valence-corrected chi connectivity index (χ1v) is 8.72. The number of carbonyl (C=O) groups excluding carboxylic acids is 1. The van der Waals surface area contributed by atoms with Gasteiger partial charge >= 0.3 is 0 Å². The molecule has 0 aliphatic rings. The normalized spacial score (nSPS) is 11.6. The predicted molar refractivity (Wildman–Crippen MR) is 103 cm³/mol. The highest BCUT2D eigenvalue weighted by molar-refractivity contribution is 6.32. The molecule has 0 radical (unpaired) electrons. The van der Waals surface area contributed by atoms with E-state index >= 15 is 0 Å². The van der Waals surface area contributed by atoms with Crippen molar-refractivity contribution in [3.05, 3.63) is 52.5 Å². The Labute approximate surface area is 159 Å². The second-order valence-electron chi connectivity index (χ2n) is 5.76. The largest absolute Gasteiger partial charge is 0.496 e. The monoisotopic (exact) mass is 377 g/mol. The Morgan fingerprint density at radius 1 is 1.15 bits per heavy atom. The molecule has 5 nitrogen and oxygen atoms in total. The van der Waals surface area contributed by atoms with Crippen LogP contribution in [0.3, 0.4) is 0 Å². The van der Waals surface area contributed by atoms with Crippen LogP contribution in [0.4, 0.5) is 0 Å². The molecule has 6 heteroatoms. The molecule has 140 valence electrons. The molecule has 1 unspecified atom stereocenters. The third-order valence-electron chi connectivity index (χ3n) is 4.26. The third-order valence-corrected chi connectivity index (χ3v) is 4.54. The molecule has 0 aromatic heterocycles. The molecule has 0 aliphatic heterocycles. The molecule has 26 heavy (non-hydrogen) atoms. The molecule has 2 aromatic rings. The van der Waals surface area contributed by atoms with Crippen LogP contribution < -0.4 is 14.2 Å². The van der Waals surface area contributed by atoms with Gasteiger partial charge in [-0.05, 0) is 32.0 Å². The van der Waals surface area contributed by atoms with Crippen molar-refractivity contribution >= 4 is 17.5 Å². The SMILES string of the molecule is CCOc1c(Cl)cc(C(=O)N(C)C(C)c2ccccc2OC)cc1OC. The zero-order valence-corrected chi connectivity index (χ0v) is 16.5. The van der Waals surface area contributed by atoms with E-state index in [1.165, 1.54) is 7.11 Å². The fourth-order valence-electron chi connectivity index (χ4n) is 2.73. The van der Waals surface area contributed by atoms with Gasteiger partial charge in [0, 0.05) is 18.2 Å². The number of para-hydroxylation sites is 1. The Morgan fingerprint density at radius 3 is 2.42 bits per heavy atom. The van der Waals surface area contributed by atoms with Crippen molar-refractivity contribution in [2.75, 3.05) is 27.9 Å². The van der Waals surface area contributed by atoms with Crippen molar-refractivity contribution in [3.63, 3.8) is 0 Å². The van der Waals surface area contributed by atoms with Crippen molar-refractivity contribution in [2.24, 2.45) is 0 Å². The van der Waals surface area contributed by atoms with E-state index in [1.54, 1.807) is 31.2 Å². The number of hydrogen-bond donors (Lipinski definition) is 0. The van der Waals surface area contributed by atoms with Crippen molar-refractivity contribution < 1.29 is 19.0 Å². The molecular weight excluding hydrogens is 354 g/mol. The number of amides is 1. The summed E-state index contributed by atoms with van der Waals surface area (Å²) in [7, 11) is 4.88. The Bertz CT molecular complexity index is 778. The van der Waals surface area contributed by atoms with Gasteiger partial charge in [0.1, 0.15) is 5.75 Å². The summed E-state index contributed by atoms with van der Waals surface area (Å²) in [6.07, 6.45) is 0. The first-order valence-electron chi connectivity index (χ1n) is 8.34. The van der Waals surface area contributed by atoms with E-state index in [-0.39, 0.29) is 11.9 Å². The van der Waals surface area contributed by atoms with E-state index in [9.17, 15) is 4.79 Å². The van der Waals surface area contributed by atoms with Gasteiger partial charge in [0.15, 0.2) is 11.5 Å². The highest BCUT2D eigenvalue weighted by atomic mass is 35.5. The summed E-state index contributed by atoms with van der Waals surface area (Å²) >= 11 is 6.29. The van der Waals surface area contributed by atoms with Gasteiger partial charge in [0.2, 0.25) is 0 Å². The Hall–Kier alpha value is -2.40. The number of nitrogens with zero attached hydrogens (tertiary/aromatic N) is 1. The molecule has 0 heterocycles. The highest BCUT2D eigenvalue weighted by Gasteiger charge is 2.23. The molecule has 1 amide bonds. The van der Waals surface area contributed by atoms with Gasteiger partial charge < -0.3 is 19.1 Å². The molecule has 0 saturated carbocycles. The molecule has 2 rings (SSSR count). The van der Waals surface area contributed by atoms with Crippen LogP contribution in [0.1, 0.15) is 35.8 Å². The lowest BCUT2D eigenvalue weighted by atomic mass is 10.0. The van der Waals surface area contributed by atoms with Gasteiger partial charge in [-0.3, -0.25) is 4.79 Å². The Balaban J connectivity index is 2.34. The number of methoxy groups -OCH3 is 2. The second-order valence-corrected chi connectivity index (χ2v) is 6.16. The van der Waals surface area contributed by atoms with Gasteiger partial charge in [-0.2, -0.15) is 0 Å². The fourth-order valence-corrected chi connectivity index (χ4v) is 2.99. The van der Waals surface area contributed by atoms with Crippen LogP contribution in [-0.2, 0) is 0 Å². The summed E-state index contributed by atoms with van der Waals surface area (Å²) in [6.45, 7) is 4.26. The van der Waals surface area contributed by atoms with Crippen LogP contribution in [0.2, 0.25) is 5.02 Å². The number of rotatable bonds is 7. The zero-order chi connectivity index (χ0) is 19.3. The number of carbonyl (C=O) groups is 1. The maximum atomic E-state index is 13.0. The average Bonchev–Trinajstić information content (AvgIpc) is 2.67. The lowest BCUT2D eigenvalue weighted by Crippen LogP contribution is -2.30. The quantitative estimate of drug-likeness (QED) is 0.708. The summed E-state index contributed by atoms with van der Waals surface area (Å²) in [5.74, 6) is 1.43. The minimum absolute atomic E-state index is 0.174. The molecular formula is C20H24ClNO4. The molecule has 0 N–H and O–H groups in total. The molecule has 0 bridgehead atoms. The number of hydrogen-bond acceptors (Lipinski definition) is 4. The van der Waals surface area contributed by atoms with Crippen LogP contribution in [0.15, 0.2) is 36.4 Å². The van der Waals surface area contributed by atoms with E-state index in [1.807, 2.05) is 38.1 Å². The number of benzene rings is 2. The number of ether oxygens (including phenoxy) is 3. The molecule has 0 aliphatic carbocycles. The average molecular weight is 378 g/mol. The van der Waals surface area contributed by atoms with Crippen molar-refractivity contribution in [3.8, 4) is 17.2 Å². The predicted octanol–water partition coefficient (Wildman–Crippen LogP) is 4.59. The molecule has 2 aromatic carbocycles. The molecule has 1 atom stereocenters. The Kier molecular flexibility index (Phi) is 6.75. The minimum Gasteiger partial charge on any atom is -0.496 e. The minimum atomic E-state index is -0.185. The summed E-state index contributed by atoms with van der Waals surface area (Å²) < 4.78 is 16.2. The van der Waals surface area contributed by atoms with Crippen LogP contribution in [-0.4, -0.2) is 38.7 Å². The van der Waals surface area contributed by atoms with E-state index in [0.29, 0.717) is 28.7 Å². The first kappa shape index (κ1) is 19.9. The summed E-state index contributed by atoms with van der Waals surface area (Å²) in [6, 6.07) is 10.7. The maximum absolute atomic E-state index is 13.0. The van der Waals surface area contributed by atoms with E-state index in [2.05, 4.69) is 0 Å². The van der Waals surface area contributed by atoms with Gasteiger partial charge in [0.05, 0.1) is 31.9 Å². The lowest BCUT2D eigenvalue weighted by Gasteiger charge is -2.27. The molecule has 0 spiro atoms. The van der Waals surface area contributed by atoms with Crippen molar-refractivity contribution in [1.82, 2.24) is 4.90 Å².